The number of amides is 1. The maximum atomic E-state index is 12.7. The Hall–Kier alpha value is -3.22. The van der Waals surface area contributed by atoms with Crippen molar-refractivity contribution in [2.75, 3.05) is 23.3 Å². The van der Waals surface area contributed by atoms with Crippen molar-refractivity contribution in [2.24, 2.45) is 0 Å². The highest BCUT2D eigenvalue weighted by Crippen LogP contribution is 2.41. The van der Waals surface area contributed by atoms with Gasteiger partial charge in [0, 0.05) is 24.8 Å². The molecule has 188 valence electrons. The average molecular weight is 480 g/mol. The Morgan fingerprint density at radius 3 is 2.40 bits per heavy atom. The third kappa shape index (κ3) is 5.72. The quantitative estimate of drug-likeness (QED) is 0.514. The van der Waals surface area contributed by atoms with Gasteiger partial charge in [0.25, 0.3) is 0 Å². The van der Waals surface area contributed by atoms with E-state index in [-0.39, 0.29) is 30.5 Å². The fourth-order valence-corrected chi connectivity index (χ4v) is 5.17. The van der Waals surface area contributed by atoms with E-state index in [0.717, 1.165) is 42.0 Å². The maximum absolute atomic E-state index is 12.7. The highest BCUT2D eigenvalue weighted by molar-refractivity contribution is 5.78. The number of aryl methyl sites for hydroxylation is 1. The lowest BCUT2D eigenvalue weighted by molar-refractivity contribution is -0.137. The van der Waals surface area contributed by atoms with Crippen LogP contribution in [0.3, 0.4) is 0 Å². The summed E-state index contributed by atoms with van der Waals surface area (Å²) in [6, 6.07) is 14.9. The monoisotopic (exact) mass is 479 g/mol. The molecular weight excluding hydrogens is 442 g/mol. The van der Waals surface area contributed by atoms with Crippen molar-refractivity contribution in [3.63, 3.8) is 0 Å². The van der Waals surface area contributed by atoms with Gasteiger partial charge in [-0.2, -0.15) is 0 Å². The zero-order valence-electron chi connectivity index (χ0n) is 21.4. The third-order valence-corrected chi connectivity index (χ3v) is 6.91. The highest BCUT2D eigenvalue weighted by Gasteiger charge is 2.47. The van der Waals surface area contributed by atoms with Crippen LogP contribution in [0.5, 0.6) is 0 Å². The standard InChI is InChI=1S/C28H37N3O4/c1-6-19(14-26(32)33)20-9-12-25(24(13-20)29-21-10-7-18(2)8-11-21)30-16-23-15-22(30)17-31(23)27(34)35-28(3,4)5/h7-13,19,22-23,29H,6,14-17H2,1-5H3,(H,32,33)/t19?,22-,23-/m0/s1. The van der Waals surface area contributed by atoms with Crippen molar-refractivity contribution in [1.29, 1.82) is 0 Å². The Morgan fingerprint density at radius 1 is 1.11 bits per heavy atom. The van der Waals surface area contributed by atoms with Crippen LogP contribution in [0, 0.1) is 6.92 Å². The predicted molar refractivity (Wildman–Crippen MR) is 139 cm³/mol. The number of piperazine rings is 1. The molecule has 2 N–H and O–H groups in total. The van der Waals surface area contributed by atoms with Gasteiger partial charge in [-0.15, -0.1) is 0 Å². The third-order valence-electron chi connectivity index (χ3n) is 6.91. The Morgan fingerprint density at radius 2 is 1.83 bits per heavy atom. The van der Waals surface area contributed by atoms with Gasteiger partial charge in [0.05, 0.1) is 23.8 Å². The second-order valence-electron chi connectivity index (χ2n) is 10.8. The molecule has 0 aromatic heterocycles. The first-order valence-electron chi connectivity index (χ1n) is 12.5. The normalized spacial score (nSPS) is 20.1. The molecule has 0 spiro atoms. The molecule has 0 radical (unpaired) electrons. The van der Waals surface area contributed by atoms with Crippen molar-refractivity contribution < 1.29 is 19.4 Å². The molecule has 2 aliphatic heterocycles. The van der Waals surface area contributed by atoms with Gasteiger partial charge in [-0.3, -0.25) is 4.79 Å². The molecule has 2 heterocycles. The second-order valence-corrected chi connectivity index (χ2v) is 10.8. The van der Waals surface area contributed by atoms with E-state index in [4.69, 9.17) is 4.74 Å². The largest absolute Gasteiger partial charge is 0.481 e. The van der Waals surface area contributed by atoms with Gasteiger partial charge in [0.15, 0.2) is 0 Å². The molecule has 4 rings (SSSR count). The molecule has 7 nitrogen and oxygen atoms in total. The van der Waals surface area contributed by atoms with Gasteiger partial charge in [0.1, 0.15) is 5.60 Å². The van der Waals surface area contributed by atoms with Crippen LogP contribution in [0.1, 0.15) is 64.0 Å². The molecule has 3 atom stereocenters. The molecule has 2 aromatic carbocycles. The lowest BCUT2D eigenvalue weighted by Gasteiger charge is -2.37. The summed E-state index contributed by atoms with van der Waals surface area (Å²) in [5.41, 5.74) is 4.73. The maximum Gasteiger partial charge on any atom is 0.410 e. The number of carboxylic acid groups (broad SMARTS) is 1. The Labute approximate surface area is 208 Å². The van der Waals surface area contributed by atoms with Crippen LogP contribution < -0.4 is 10.2 Å². The van der Waals surface area contributed by atoms with Crippen molar-refractivity contribution in [1.82, 2.24) is 4.90 Å². The lowest BCUT2D eigenvalue weighted by atomic mass is 9.92. The first-order chi connectivity index (χ1) is 16.5. The van der Waals surface area contributed by atoms with Gasteiger partial charge in [-0.1, -0.05) is 30.7 Å². The van der Waals surface area contributed by atoms with E-state index in [2.05, 4.69) is 59.6 Å². The van der Waals surface area contributed by atoms with E-state index in [9.17, 15) is 14.7 Å². The summed E-state index contributed by atoms with van der Waals surface area (Å²) >= 11 is 0. The minimum Gasteiger partial charge on any atom is -0.481 e. The van der Waals surface area contributed by atoms with E-state index < -0.39 is 11.6 Å². The first-order valence-corrected chi connectivity index (χ1v) is 12.5. The number of carbonyl (C=O) groups excluding carboxylic acids is 1. The molecule has 2 aliphatic rings. The Bertz CT molecular complexity index is 1080. The van der Waals surface area contributed by atoms with E-state index in [0.29, 0.717) is 6.54 Å². The summed E-state index contributed by atoms with van der Waals surface area (Å²) in [7, 11) is 0. The zero-order valence-corrected chi connectivity index (χ0v) is 21.4. The summed E-state index contributed by atoms with van der Waals surface area (Å²) in [5, 5.41) is 13.0. The van der Waals surface area contributed by atoms with Crippen LogP contribution >= 0.6 is 0 Å². The van der Waals surface area contributed by atoms with Crippen LogP contribution in [-0.4, -0.2) is 52.8 Å². The van der Waals surface area contributed by atoms with Gasteiger partial charge in [-0.05, 0) is 76.3 Å². The smallest absolute Gasteiger partial charge is 0.410 e. The van der Waals surface area contributed by atoms with Crippen LogP contribution in [0.15, 0.2) is 42.5 Å². The van der Waals surface area contributed by atoms with Crippen molar-refractivity contribution in [3.05, 3.63) is 53.6 Å². The SMILES string of the molecule is CCC(CC(=O)O)c1ccc(N2C[C@@H]3C[C@H]2CN3C(=O)OC(C)(C)C)c(Nc2ccc(C)cc2)c1. The van der Waals surface area contributed by atoms with Crippen molar-refractivity contribution >= 4 is 29.1 Å². The molecule has 0 saturated carbocycles. The van der Waals surface area contributed by atoms with Crippen LogP contribution in [0.4, 0.5) is 21.9 Å². The average Bonchev–Trinajstić information content (AvgIpc) is 3.39. The molecule has 35 heavy (non-hydrogen) atoms. The lowest BCUT2D eigenvalue weighted by Crippen LogP contribution is -2.50. The fourth-order valence-electron chi connectivity index (χ4n) is 5.17. The molecular formula is C28H37N3O4. The Balaban J connectivity index is 1.60. The summed E-state index contributed by atoms with van der Waals surface area (Å²) in [6.07, 6.45) is 1.55. The number of hydrogen-bond acceptors (Lipinski definition) is 5. The number of carboxylic acids is 1. The number of fused-ring (bicyclic) bond motifs is 2. The number of ether oxygens (including phenoxy) is 1. The van der Waals surface area contributed by atoms with E-state index in [1.54, 1.807) is 0 Å². The minimum atomic E-state index is -0.784. The highest BCUT2D eigenvalue weighted by atomic mass is 16.6. The van der Waals surface area contributed by atoms with Crippen LogP contribution in [-0.2, 0) is 9.53 Å². The number of likely N-dealkylation sites (tertiary alicyclic amines) is 1. The number of anilines is 3. The van der Waals surface area contributed by atoms with Gasteiger partial charge in [-0.25, -0.2) is 4.79 Å². The molecule has 2 fully saturated rings. The van der Waals surface area contributed by atoms with Crippen LogP contribution in [0.25, 0.3) is 0 Å². The summed E-state index contributed by atoms with van der Waals surface area (Å²) in [4.78, 5) is 28.4. The van der Waals surface area contributed by atoms with E-state index in [1.807, 2.05) is 32.6 Å². The number of rotatable bonds is 7. The van der Waals surface area contributed by atoms with Crippen molar-refractivity contribution in [2.45, 2.75) is 77.5 Å². The van der Waals surface area contributed by atoms with E-state index >= 15 is 0 Å². The summed E-state index contributed by atoms with van der Waals surface area (Å²) in [5.74, 6) is -0.828. The zero-order chi connectivity index (χ0) is 25.3. The van der Waals surface area contributed by atoms with Crippen LogP contribution in [0.2, 0.25) is 0 Å². The summed E-state index contributed by atoms with van der Waals surface area (Å²) < 4.78 is 5.62. The molecule has 7 heteroatoms. The number of aliphatic carboxylic acids is 1. The molecule has 2 bridgehead atoms. The first kappa shape index (κ1) is 24.9. The van der Waals surface area contributed by atoms with Gasteiger partial charge < -0.3 is 25.0 Å². The molecule has 1 unspecified atom stereocenters. The second kappa shape index (κ2) is 9.80. The molecule has 2 aromatic rings. The van der Waals surface area contributed by atoms with Gasteiger partial charge >= 0.3 is 12.1 Å². The molecule has 1 amide bonds. The van der Waals surface area contributed by atoms with Gasteiger partial charge in [0.2, 0.25) is 0 Å². The van der Waals surface area contributed by atoms with E-state index in [1.165, 1.54) is 5.56 Å². The summed E-state index contributed by atoms with van der Waals surface area (Å²) in [6.45, 7) is 11.2. The molecule has 0 aliphatic carbocycles. The molecule has 2 saturated heterocycles. The Kier molecular flexibility index (Phi) is 6.97. The fraction of sp³-hybridized carbons (Fsp3) is 0.500. The number of carbonyl (C=O) groups is 2. The topological polar surface area (TPSA) is 82.1 Å². The number of nitrogens with one attached hydrogen (secondary N) is 1. The number of nitrogens with zero attached hydrogens (tertiary/aromatic N) is 2. The predicted octanol–water partition coefficient (Wildman–Crippen LogP) is 5.90. The number of benzene rings is 2. The number of hydrogen-bond donors (Lipinski definition) is 2. The van der Waals surface area contributed by atoms with Crippen molar-refractivity contribution in [3.8, 4) is 0 Å². The minimum absolute atomic E-state index is 0.0437.